The molecule has 77 heavy (non-hydrogen) atoms. The number of nitrogens with zero attached hydrogens (tertiary/aromatic N) is 5. The minimum atomic E-state index is -0.496. The minimum absolute atomic E-state index is 0. The van der Waals surface area contributed by atoms with Gasteiger partial charge in [-0.15, -0.1) is 29.7 Å². The molecule has 0 amide bonds. The summed E-state index contributed by atoms with van der Waals surface area (Å²) in [6.45, 7) is 15.7. The van der Waals surface area contributed by atoms with Crippen molar-refractivity contribution < 1.29 is 41.3 Å². The average Bonchev–Trinajstić information content (AvgIpc) is 1.62. The standard InChI is InChI=1S/C70H57N5O.Pt/c1-8-46-36-37-71-67(38-46)75-63-35-32-52(74-61-28-14-12-24-57(61)58-25-13-15-29-62(58)74)43-60(63)59-34-33-54(44-66(59)75)76-53-23-18-22-51(42-53)72-45-73(65-31-17-16-30-64(65)72)68-55(47-20-10-9-11-21-47)26-19-27-56(68)48-39-49(69(2,3)4)41-50(40-48)70(5,6)7;/h9-41,43H,8H2,1-7H3;/q-2;/i12D,13D,14D,15D,24D,25D,28D,29D;. The van der Waals surface area contributed by atoms with Crippen LogP contribution in [0.2, 0.25) is 0 Å². The topological polar surface area (TPSA) is 40.8 Å². The molecule has 0 fully saturated rings. The first-order valence-corrected chi connectivity index (χ1v) is 25.7. The molecule has 4 heterocycles. The summed E-state index contributed by atoms with van der Waals surface area (Å²) in [4.78, 5) is 4.86. The van der Waals surface area contributed by atoms with Crippen LogP contribution in [-0.4, -0.2) is 18.7 Å². The van der Waals surface area contributed by atoms with E-state index >= 15 is 0 Å². The van der Waals surface area contributed by atoms with Gasteiger partial charge in [-0.25, -0.2) is 4.98 Å². The summed E-state index contributed by atoms with van der Waals surface area (Å²) in [6, 6.07) is 55.3. The molecule has 6 nitrogen and oxygen atoms in total. The molecule has 7 heteroatoms. The van der Waals surface area contributed by atoms with Crippen molar-refractivity contribution in [3.05, 3.63) is 241 Å². The molecule has 0 spiro atoms. The number of hydrogen-bond acceptors (Lipinski definition) is 2. The third-order valence-electron chi connectivity index (χ3n) is 14.5. The maximum absolute atomic E-state index is 9.15. The van der Waals surface area contributed by atoms with Crippen molar-refractivity contribution in [2.75, 3.05) is 0 Å². The number of rotatable bonds is 9. The predicted molar refractivity (Wildman–Crippen MR) is 312 cm³/mol. The Balaban J connectivity index is 0.00000709. The first-order chi connectivity index (χ1) is 40.2. The molecule has 0 atom stereocenters. The van der Waals surface area contributed by atoms with Crippen molar-refractivity contribution in [1.29, 1.82) is 0 Å². The first kappa shape index (κ1) is 40.9. The molecule has 0 bridgehead atoms. The molecule has 0 saturated carbocycles. The number of fused-ring (bicyclic) bond motifs is 7. The van der Waals surface area contributed by atoms with Gasteiger partial charge in [0, 0.05) is 60.7 Å². The molecule has 0 aliphatic carbocycles. The number of aryl methyl sites for hydroxylation is 1. The van der Waals surface area contributed by atoms with Gasteiger partial charge in [0.05, 0.1) is 38.7 Å². The fourth-order valence-corrected chi connectivity index (χ4v) is 10.5. The van der Waals surface area contributed by atoms with E-state index in [2.05, 4.69) is 150 Å². The van der Waals surface area contributed by atoms with E-state index in [-0.39, 0.29) is 77.9 Å². The molecule has 0 saturated heterocycles. The van der Waals surface area contributed by atoms with E-state index in [0.717, 1.165) is 67.2 Å². The molecule has 0 N–H and O–H groups in total. The second kappa shape index (κ2) is 19.4. The molecule has 0 aliphatic rings. The molecule has 0 unspecified atom stereocenters. The van der Waals surface area contributed by atoms with Crippen molar-refractivity contribution in [3.8, 4) is 56.6 Å². The largest absolute Gasteiger partial charge is 0.510 e. The minimum Gasteiger partial charge on any atom is -0.510 e. The number of para-hydroxylation sites is 5. The van der Waals surface area contributed by atoms with Crippen LogP contribution in [-0.2, 0) is 38.3 Å². The maximum atomic E-state index is 9.15. The monoisotopic (exact) mass is 1190 g/mol. The number of benzene rings is 9. The van der Waals surface area contributed by atoms with Crippen LogP contribution in [0.25, 0.3) is 99.8 Å². The van der Waals surface area contributed by atoms with E-state index < -0.39 is 24.2 Å². The van der Waals surface area contributed by atoms with Gasteiger partial charge in [0.1, 0.15) is 5.82 Å². The number of imidazole rings is 1. The zero-order valence-corrected chi connectivity index (χ0v) is 46.0. The third-order valence-corrected chi connectivity index (χ3v) is 14.5. The molecular weight excluding hydrogens is 1120 g/mol. The molecular formula is C70H57N5OPt-2. The van der Waals surface area contributed by atoms with Crippen LogP contribution in [0.4, 0.5) is 0 Å². The Kier molecular flexibility index (Phi) is 10.3. The van der Waals surface area contributed by atoms with Crippen molar-refractivity contribution in [1.82, 2.24) is 18.7 Å². The Bertz CT molecular complexity index is 4770. The van der Waals surface area contributed by atoms with E-state index in [1.54, 1.807) is 12.3 Å². The van der Waals surface area contributed by atoms with Crippen molar-refractivity contribution in [2.24, 2.45) is 0 Å². The van der Waals surface area contributed by atoms with E-state index in [1.807, 2.05) is 75.9 Å². The number of hydrogen-bond donors (Lipinski definition) is 0. The SMILES string of the molecule is [2H]c1c([2H])c([2H])c2c(c1[2H])c1c([2H])c([2H])c([2H])c([2H])c1n2-c1ccc2c(c1)c1ccc(Oc3[c-]c(-n4[c-][n+](-c5c(-c6ccccc6)cccc5-c5cc(C(C)(C)C)cc(C(C)(C)C)c5)c5ccccc54)ccc3)[c-]c1n2-c1cc(CC)ccn1.[Pt]. The van der Waals surface area contributed by atoms with Crippen LogP contribution >= 0.6 is 0 Å². The second-order valence-electron chi connectivity index (χ2n) is 21.4. The van der Waals surface area contributed by atoms with Gasteiger partial charge in [-0.1, -0.05) is 181 Å². The van der Waals surface area contributed by atoms with Gasteiger partial charge >= 0.3 is 0 Å². The van der Waals surface area contributed by atoms with E-state index in [4.69, 9.17) is 20.7 Å². The summed E-state index contributed by atoms with van der Waals surface area (Å²) in [5.74, 6) is 1.49. The molecule has 13 aromatic rings. The molecule has 0 radical (unpaired) electrons. The zero-order chi connectivity index (χ0) is 58.8. The molecule has 380 valence electrons. The Morgan fingerprint density at radius 3 is 1.94 bits per heavy atom. The van der Waals surface area contributed by atoms with Gasteiger partial charge in [0.2, 0.25) is 0 Å². The van der Waals surface area contributed by atoms with Gasteiger partial charge < -0.3 is 18.4 Å². The third kappa shape index (κ3) is 8.75. The van der Waals surface area contributed by atoms with Crippen LogP contribution < -0.4 is 9.30 Å². The van der Waals surface area contributed by atoms with Crippen molar-refractivity contribution in [3.63, 3.8) is 0 Å². The second-order valence-corrected chi connectivity index (χ2v) is 21.4. The van der Waals surface area contributed by atoms with Crippen molar-refractivity contribution in [2.45, 2.75) is 65.7 Å². The Morgan fingerprint density at radius 1 is 0.558 bits per heavy atom. The first-order valence-electron chi connectivity index (χ1n) is 29.7. The summed E-state index contributed by atoms with van der Waals surface area (Å²) < 4.78 is 85.3. The smallest absolute Gasteiger partial charge is 0.268 e. The molecule has 0 aliphatic heterocycles. The van der Waals surface area contributed by atoms with E-state index in [9.17, 15) is 0 Å². The quantitative estimate of drug-likeness (QED) is 0.107. The predicted octanol–water partition coefficient (Wildman–Crippen LogP) is 17.2. The summed E-state index contributed by atoms with van der Waals surface area (Å²) in [6.07, 6.45) is 6.35. The summed E-state index contributed by atoms with van der Waals surface area (Å²) in [5.41, 5.74) is 13.2. The van der Waals surface area contributed by atoms with Gasteiger partial charge in [-0.05, 0) is 110 Å². The van der Waals surface area contributed by atoms with Crippen LogP contribution in [0.15, 0.2) is 206 Å². The maximum Gasteiger partial charge on any atom is 0.268 e. The van der Waals surface area contributed by atoms with Crippen LogP contribution in [0.5, 0.6) is 11.5 Å². The summed E-state index contributed by atoms with van der Waals surface area (Å²) >= 11 is 0. The molecule has 9 aromatic carbocycles. The Morgan fingerprint density at radius 2 is 1.22 bits per heavy atom. The number of pyridine rings is 1. The Labute approximate surface area is 476 Å². The van der Waals surface area contributed by atoms with Crippen molar-refractivity contribution >= 4 is 54.6 Å². The zero-order valence-electron chi connectivity index (χ0n) is 51.7. The summed E-state index contributed by atoms with van der Waals surface area (Å²) in [5, 5.41) is 1.52. The average molecular weight is 1190 g/mol. The van der Waals surface area contributed by atoms with Gasteiger partial charge in [0.15, 0.2) is 0 Å². The molecule has 13 rings (SSSR count). The van der Waals surface area contributed by atoms with Crippen LogP contribution in [0.3, 0.4) is 0 Å². The molecule has 4 aromatic heterocycles. The summed E-state index contributed by atoms with van der Waals surface area (Å²) in [7, 11) is 0. The van der Waals surface area contributed by atoms with Crippen LogP contribution in [0.1, 0.15) is 76.1 Å². The van der Waals surface area contributed by atoms with Gasteiger partial charge in [0.25, 0.3) is 6.33 Å². The fourth-order valence-electron chi connectivity index (χ4n) is 10.5. The number of aromatic nitrogens is 5. The van der Waals surface area contributed by atoms with E-state index in [1.165, 1.54) is 15.7 Å². The Hall–Kier alpha value is -8.31. The van der Waals surface area contributed by atoms with E-state index in [0.29, 0.717) is 34.2 Å². The normalized spacial score (nSPS) is 13.5. The number of ether oxygens (including phenoxy) is 1. The van der Waals surface area contributed by atoms with Gasteiger partial charge in [-0.3, -0.25) is 4.57 Å². The fraction of sp³-hybridized carbons (Fsp3) is 0.143. The van der Waals surface area contributed by atoms with Gasteiger partial charge in [-0.2, -0.15) is 18.2 Å². The van der Waals surface area contributed by atoms with Crippen LogP contribution in [0, 0.1) is 18.5 Å².